The molecular weight excluding hydrogens is 352 g/mol. The minimum Gasteiger partial charge on any atom is -0.495 e. The van der Waals surface area contributed by atoms with Crippen molar-refractivity contribution in [3.8, 4) is 5.75 Å². The van der Waals surface area contributed by atoms with Gasteiger partial charge in [-0.15, -0.1) is 0 Å². The Morgan fingerprint density at radius 1 is 1.14 bits per heavy atom. The van der Waals surface area contributed by atoms with Crippen LogP contribution in [0.15, 0.2) is 48.5 Å². The molecule has 1 aliphatic carbocycles. The lowest BCUT2D eigenvalue weighted by Gasteiger charge is -2.34. The molecule has 1 aliphatic heterocycles. The number of methoxy groups -OCH3 is 1. The van der Waals surface area contributed by atoms with E-state index in [-0.39, 0.29) is 30.2 Å². The third kappa shape index (κ3) is 3.26. The van der Waals surface area contributed by atoms with Crippen LogP contribution in [0.25, 0.3) is 0 Å². The first-order chi connectivity index (χ1) is 13.6. The van der Waals surface area contributed by atoms with Crippen LogP contribution >= 0.6 is 0 Å². The minimum absolute atomic E-state index is 0.0275. The highest BCUT2D eigenvalue weighted by molar-refractivity contribution is 6.01. The molecule has 0 aromatic heterocycles. The van der Waals surface area contributed by atoms with E-state index in [0.717, 1.165) is 24.9 Å². The van der Waals surface area contributed by atoms with E-state index >= 15 is 0 Å². The summed E-state index contributed by atoms with van der Waals surface area (Å²) in [5.41, 5.74) is 3.31. The van der Waals surface area contributed by atoms with Gasteiger partial charge in [0.1, 0.15) is 5.75 Å². The molecule has 0 unspecified atom stereocenters. The predicted molar refractivity (Wildman–Crippen MR) is 108 cm³/mol. The number of carbonyl (C=O) groups excluding carboxylic acids is 2. The molecule has 146 valence electrons. The zero-order valence-electron chi connectivity index (χ0n) is 16.4. The molecule has 0 saturated carbocycles. The van der Waals surface area contributed by atoms with Crippen molar-refractivity contribution in [3.05, 3.63) is 59.7 Å². The van der Waals surface area contributed by atoms with Crippen molar-refractivity contribution >= 4 is 17.5 Å². The Bertz CT molecular complexity index is 895. The average Bonchev–Trinajstić information content (AvgIpc) is 3.13. The largest absolute Gasteiger partial charge is 0.495 e. The number of fused-ring (bicyclic) bond motifs is 1. The van der Waals surface area contributed by atoms with Gasteiger partial charge in [0.2, 0.25) is 11.8 Å². The third-order valence-corrected chi connectivity index (χ3v) is 6.00. The molecule has 1 saturated heterocycles. The summed E-state index contributed by atoms with van der Waals surface area (Å²) in [5, 5.41) is 0. The number of ether oxygens (including phenoxy) is 1. The van der Waals surface area contributed by atoms with Crippen LogP contribution < -0.4 is 9.64 Å². The van der Waals surface area contributed by atoms with Crippen LogP contribution in [-0.4, -0.2) is 37.4 Å². The summed E-state index contributed by atoms with van der Waals surface area (Å²) in [6, 6.07) is 15.9. The van der Waals surface area contributed by atoms with Crippen LogP contribution in [0, 0.1) is 5.92 Å². The minimum atomic E-state index is -0.323. The SMILES string of the molecule is COc1ccccc1N1C[C@@H](C(=O)N(C)[C@@H]2CCCc3ccccc32)CC1=O. The molecule has 5 heteroatoms. The highest BCUT2D eigenvalue weighted by atomic mass is 16.5. The van der Waals surface area contributed by atoms with Gasteiger partial charge < -0.3 is 14.5 Å². The zero-order chi connectivity index (χ0) is 19.7. The lowest BCUT2D eigenvalue weighted by Crippen LogP contribution is -2.38. The van der Waals surface area contributed by atoms with Gasteiger partial charge in [0.05, 0.1) is 24.8 Å². The van der Waals surface area contributed by atoms with Gasteiger partial charge in [0.15, 0.2) is 0 Å². The number of benzene rings is 2. The number of aryl methyl sites for hydroxylation is 1. The van der Waals surface area contributed by atoms with Crippen LogP contribution in [0.5, 0.6) is 5.75 Å². The number of hydrogen-bond donors (Lipinski definition) is 0. The van der Waals surface area contributed by atoms with Gasteiger partial charge in [-0.3, -0.25) is 9.59 Å². The normalized spacial score (nSPS) is 21.4. The van der Waals surface area contributed by atoms with E-state index in [4.69, 9.17) is 4.74 Å². The van der Waals surface area contributed by atoms with Crippen molar-refractivity contribution in [3.63, 3.8) is 0 Å². The Balaban J connectivity index is 1.53. The van der Waals surface area contributed by atoms with Crippen molar-refractivity contribution in [1.29, 1.82) is 0 Å². The first kappa shape index (κ1) is 18.5. The van der Waals surface area contributed by atoms with E-state index in [9.17, 15) is 9.59 Å². The maximum atomic E-state index is 13.2. The molecule has 0 N–H and O–H groups in total. The van der Waals surface area contributed by atoms with Gasteiger partial charge in [-0.25, -0.2) is 0 Å². The van der Waals surface area contributed by atoms with Gasteiger partial charge in [-0.2, -0.15) is 0 Å². The topological polar surface area (TPSA) is 49.9 Å². The molecule has 2 aliphatic rings. The smallest absolute Gasteiger partial charge is 0.228 e. The lowest BCUT2D eigenvalue weighted by atomic mass is 9.86. The van der Waals surface area contributed by atoms with E-state index < -0.39 is 0 Å². The number of carbonyl (C=O) groups is 2. The Morgan fingerprint density at radius 3 is 2.71 bits per heavy atom. The molecule has 0 spiro atoms. The second-order valence-electron chi connectivity index (χ2n) is 7.63. The van der Waals surface area contributed by atoms with E-state index in [1.54, 1.807) is 12.0 Å². The van der Waals surface area contributed by atoms with Crippen molar-refractivity contribution < 1.29 is 14.3 Å². The predicted octanol–water partition coefficient (Wildman–Crippen LogP) is 3.58. The standard InChI is InChI=1S/C23H26N2O3/c1-24(19-12-7-9-16-8-3-4-10-18(16)19)23(27)17-14-22(26)25(15-17)20-11-5-6-13-21(20)28-2/h3-6,8,10-11,13,17,19H,7,9,12,14-15H2,1-2H3/t17-,19+/m0/s1. The van der Waals surface area contributed by atoms with E-state index in [0.29, 0.717) is 12.3 Å². The number of nitrogens with zero attached hydrogens (tertiary/aromatic N) is 2. The fraction of sp³-hybridized carbons (Fsp3) is 0.391. The Kier molecular flexibility index (Phi) is 5.07. The van der Waals surface area contributed by atoms with E-state index in [1.165, 1.54) is 11.1 Å². The maximum absolute atomic E-state index is 13.2. The van der Waals surface area contributed by atoms with Gasteiger partial charge in [-0.1, -0.05) is 36.4 Å². The van der Waals surface area contributed by atoms with Gasteiger partial charge >= 0.3 is 0 Å². The van der Waals surface area contributed by atoms with Crippen molar-refractivity contribution in [2.45, 2.75) is 31.7 Å². The Hall–Kier alpha value is -2.82. The molecule has 1 fully saturated rings. The molecule has 28 heavy (non-hydrogen) atoms. The fourth-order valence-electron chi connectivity index (χ4n) is 4.53. The number of hydrogen-bond acceptors (Lipinski definition) is 3. The van der Waals surface area contributed by atoms with Crippen molar-refractivity contribution in [2.24, 2.45) is 5.92 Å². The van der Waals surface area contributed by atoms with Gasteiger partial charge in [0, 0.05) is 20.0 Å². The lowest BCUT2D eigenvalue weighted by molar-refractivity contribution is -0.137. The first-order valence-electron chi connectivity index (χ1n) is 9.88. The van der Waals surface area contributed by atoms with Gasteiger partial charge in [-0.05, 0) is 42.5 Å². The van der Waals surface area contributed by atoms with E-state index in [2.05, 4.69) is 18.2 Å². The highest BCUT2D eigenvalue weighted by Crippen LogP contribution is 2.37. The van der Waals surface area contributed by atoms with Crippen LogP contribution in [0.2, 0.25) is 0 Å². The molecule has 0 bridgehead atoms. The monoisotopic (exact) mass is 378 g/mol. The summed E-state index contributed by atoms with van der Waals surface area (Å²) < 4.78 is 5.39. The molecule has 2 amide bonds. The van der Waals surface area contributed by atoms with Crippen LogP contribution in [-0.2, 0) is 16.0 Å². The number of rotatable bonds is 4. The van der Waals surface area contributed by atoms with Gasteiger partial charge in [0.25, 0.3) is 0 Å². The summed E-state index contributed by atoms with van der Waals surface area (Å²) in [6.07, 6.45) is 3.36. The summed E-state index contributed by atoms with van der Waals surface area (Å²) in [4.78, 5) is 29.4. The second-order valence-corrected chi connectivity index (χ2v) is 7.63. The third-order valence-electron chi connectivity index (χ3n) is 6.00. The Labute approximate surface area is 165 Å². The van der Waals surface area contributed by atoms with Crippen LogP contribution in [0.3, 0.4) is 0 Å². The molecule has 2 atom stereocenters. The molecule has 2 aromatic rings. The average molecular weight is 378 g/mol. The van der Waals surface area contributed by atoms with Crippen molar-refractivity contribution in [2.75, 3.05) is 25.6 Å². The molecule has 4 rings (SSSR count). The Morgan fingerprint density at radius 2 is 1.89 bits per heavy atom. The molecule has 1 heterocycles. The number of para-hydroxylation sites is 2. The zero-order valence-corrected chi connectivity index (χ0v) is 16.4. The number of anilines is 1. The first-order valence-corrected chi connectivity index (χ1v) is 9.88. The molecular formula is C23H26N2O3. The van der Waals surface area contributed by atoms with Crippen LogP contribution in [0.1, 0.15) is 36.4 Å². The highest BCUT2D eigenvalue weighted by Gasteiger charge is 2.39. The maximum Gasteiger partial charge on any atom is 0.228 e. The molecule has 5 nitrogen and oxygen atoms in total. The van der Waals surface area contributed by atoms with E-state index in [1.807, 2.05) is 42.3 Å². The molecule has 2 aromatic carbocycles. The summed E-state index contributed by atoms with van der Waals surface area (Å²) in [7, 11) is 3.47. The molecule has 0 radical (unpaired) electrons. The number of amides is 2. The fourth-order valence-corrected chi connectivity index (χ4v) is 4.53. The summed E-state index contributed by atoms with van der Waals surface area (Å²) >= 11 is 0. The van der Waals surface area contributed by atoms with Crippen LogP contribution in [0.4, 0.5) is 5.69 Å². The second kappa shape index (κ2) is 7.66. The summed E-state index contributed by atoms with van der Waals surface area (Å²) in [6.45, 7) is 0.400. The van der Waals surface area contributed by atoms with Crippen molar-refractivity contribution in [1.82, 2.24) is 4.90 Å². The quantitative estimate of drug-likeness (QED) is 0.817. The summed E-state index contributed by atoms with van der Waals surface area (Å²) in [5.74, 6) is 0.350.